The van der Waals surface area contributed by atoms with Gasteiger partial charge in [-0.3, -0.25) is 9.59 Å². The van der Waals surface area contributed by atoms with Gasteiger partial charge in [0.15, 0.2) is 0 Å². The SMILES string of the molecule is CN(C)CC(=O)NCC1(CC(=O)O)CCCCC1. The third-order valence-corrected chi connectivity index (χ3v) is 3.56. The van der Waals surface area contributed by atoms with Gasteiger partial charge in [-0.25, -0.2) is 0 Å². The van der Waals surface area contributed by atoms with Gasteiger partial charge in [-0.05, 0) is 32.4 Å². The second-order valence-electron chi connectivity index (χ2n) is 5.65. The van der Waals surface area contributed by atoms with E-state index in [1.54, 1.807) is 4.90 Å². The Balaban J connectivity index is 2.50. The molecule has 1 aliphatic rings. The summed E-state index contributed by atoms with van der Waals surface area (Å²) in [5, 5.41) is 11.9. The van der Waals surface area contributed by atoms with E-state index in [9.17, 15) is 9.59 Å². The van der Waals surface area contributed by atoms with Crippen molar-refractivity contribution in [3.8, 4) is 0 Å². The van der Waals surface area contributed by atoms with Crippen LogP contribution in [-0.2, 0) is 9.59 Å². The Hall–Kier alpha value is -1.10. The highest BCUT2D eigenvalue weighted by Crippen LogP contribution is 2.38. The van der Waals surface area contributed by atoms with Crippen molar-refractivity contribution >= 4 is 11.9 Å². The van der Waals surface area contributed by atoms with E-state index in [1.807, 2.05) is 14.1 Å². The van der Waals surface area contributed by atoms with E-state index in [1.165, 1.54) is 6.42 Å². The minimum atomic E-state index is -0.765. The zero-order chi connectivity index (χ0) is 13.6. The molecule has 0 unspecified atom stereocenters. The summed E-state index contributed by atoms with van der Waals surface area (Å²) in [5.41, 5.74) is -0.230. The van der Waals surface area contributed by atoms with Gasteiger partial charge in [0.2, 0.25) is 5.91 Å². The van der Waals surface area contributed by atoms with Crippen molar-refractivity contribution in [2.24, 2.45) is 5.41 Å². The molecule has 0 heterocycles. The number of nitrogens with one attached hydrogen (secondary N) is 1. The molecule has 1 saturated carbocycles. The van der Waals surface area contributed by atoms with Crippen LogP contribution in [0.5, 0.6) is 0 Å². The van der Waals surface area contributed by atoms with E-state index < -0.39 is 5.97 Å². The molecule has 1 aliphatic carbocycles. The lowest BCUT2D eigenvalue weighted by Crippen LogP contribution is -2.43. The smallest absolute Gasteiger partial charge is 0.303 e. The summed E-state index contributed by atoms with van der Waals surface area (Å²) < 4.78 is 0. The summed E-state index contributed by atoms with van der Waals surface area (Å²) in [4.78, 5) is 24.4. The second kappa shape index (κ2) is 6.73. The Morgan fingerprint density at radius 2 is 1.83 bits per heavy atom. The molecule has 18 heavy (non-hydrogen) atoms. The lowest BCUT2D eigenvalue weighted by Gasteiger charge is -2.36. The standard InChI is InChI=1S/C13H24N2O3/c1-15(2)9-11(16)14-10-13(8-12(17)18)6-4-3-5-7-13/h3-10H2,1-2H3,(H,14,16)(H,17,18). The van der Waals surface area contributed by atoms with Gasteiger partial charge < -0.3 is 15.3 Å². The maximum Gasteiger partial charge on any atom is 0.303 e. The van der Waals surface area contributed by atoms with Crippen molar-refractivity contribution in [2.45, 2.75) is 38.5 Å². The molecule has 1 fully saturated rings. The van der Waals surface area contributed by atoms with Crippen molar-refractivity contribution in [3.05, 3.63) is 0 Å². The van der Waals surface area contributed by atoms with Gasteiger partial charge in [-0.15, -0.1) is 0 Å². The summed E-state index contributed by atoms with van der Waals surface area (Å²) in [6.07, 6.45) is 5.28. The van der Waals surface area contributed by atoms with Crippen LogP contribution in [0, 0.1) is 5.41 Å². The number of carbonyl (C=O) groups excluding carboxylic acids is 1. The highest BCUT2D eigenvalue weighted by molar-refractivity contribution is 5.78. The fourth-order valence-electron chi connectivity index (χ4n) is 2.67. The predicted octanol–water partition coefficient (Wildman–Crippen LogP) is 1.09. The number of nitrogens with zero attached hydrogens (tertiary/aromatic N) is 1. The monoisotopic (exact) mass is 256 g/mol. The first kappa shape index (κ1) is 15.0. The van der Waals surface area contributed by atoms with Gasteiger partial charge in [0.25, 0.3) is 0 Å². The first-order valence-corrected chi connectivity index (χ1v) is 6.57. The van der Waals surface area contributed by atoms with Crippen LogP contribution in [0.1, 0.15) is 38.5 Å². The first-order valence-electron chi connectivity index (χ1n) is 6.57. The van der Waals surface area contributed by atoms with Crippen molar-refractivity contribution in [3.63, 3.8) is 0 Å². The number of carbonyl (C=O) groups is 2. The number of likely N-dealkylation sites (N-methyl/N-ethyl adjacent to an activating group) is 1. The number of hydrogen-bond acceptors (Lipinski definition) is 3. The maximum atomic E-state index is 11.6. The van der Waals surface area contributed by atoms with E-state index in [0.717, 1.165) is 25.7 Å². The zero-order valence-electron chi connectivity index (χ0n) is 11.4. The Kier molecular flexibility index (Phi) is 5.59. The second-order valence-corrected chi connectivity index (χ2v) is 5.65. The van der Waals surface area contributed by atoms with E-state index in [-0.39, 0.29) is 17.7 Å². The van der Waals surface area contributed by atoms with Crippen LogP contribution in [0.2, 0.25) is 0 Å². The molecule has 104 valence electrons. The van der Waals surface area contributed by atoms with E-state index in [4.69, 9.17) is 5.11 Å². The van der Waals surface area contributed by atoms with E-state index in [2.05, 4.69) is 5.32 Å². The number of rotatable bonds is 6. The fourth-order valence-corrected chi connectivity index (χ4v) is 2.67. The minimum absolute atomic E-state index is 0.0321. The molecule has 0 atom stereocenters. The highest BCUT2D eigenvalue weighted by Gasteiger charge is 2.34. The van der Waals surface area contributed by atoms with Crippen molar-refractivity contribution < 1.29 is 14.7 Å². The van der Waals surface area contributed by atoms with Crippen LogP contribution in [0.3, 0.4) is 0 Å². The average Bonchev–Trinajstić information content (AvgIpc) is 2.26. The highest BCUT2D eigenvalue weighted by atomic mass is 16.4. The van der Waals surface area contributed by atoms with Crippen LogP contribution in [-0.4, -0.2) is 49.1 Å². The lowest BCUT2D eigenvalue weighted by molar-refractivity contribution is -0.140. The lowest BCUT2D eigenvalue weighted by atomic mass is 9.71. The van der Waals surface area contributed by atoms with Crippen molar-refractivity contribution in [2.75, 3.05) is 27.2 Å². The molecule has 0 aromatic heterocycles. The first-order chi connectivity index (χ1) is 8.43. The molecular weight excluding hydrogens is 232 g/mol. The third kappa shape index (κ3) is 5.04. The van der Waals surface area contributed by atoms with Gasteiger partial charge >= 0.3 is 5.97 Å². The van der Waals surface area contributed by atoms with Gasteiger partial charge in [0.05, 0.1) is 13.0 Å². The Bertz CT molecular complexity index is 297. The molecule has 0 aromatic carbocycles. The summed E-state index contributed by atoms with van der Waals surface area (Å²) in [7, 11) is 3.68. The zero-order valence-corrected chi connectivity index (χ0v) is 11.4. The summed E-state index contributed by atoms with van der Waals surface area (Å²) in [6, 6.07) is 0. The van der Waals surface area contributed by atoms with Gasteiger partial charge in [-0.1, -0.05) is 19.3 Å². The molecule has 1 amide bonds. The molecule has 0 radical (unpaired) electrons. The normalized spacial score (nSPS) is 18.6. The van der Waals surface area contributed by atoms with Gasteiger partial charge in [-0.2, -0.15) is 0 Å². The fraction of sp³-hybridized carbons (Fsp3) is 0.846. The van der Waals surface area contributed by atoms with Crippen LogP contribution < -0.4 is 5.32 Å². The molecule has 0 aromatic rings. The predicted molar refractivity (Wildman–Crippen MR) is 69.3 cm³/mol. The molecule has 5 nitrogen and oxygen atoms in total. The third-order valence-electron chi connectivity index (χ3n) is 3.56. The minimum Gasteiger partial charge on any atom is -0.481 e. The summed E-state index contributed by atoms with van der Waals surface area (Å²) in [5.74, 6) is -0.797. The quantitative estimate of drug-likeness (QED) is 0.746. The molecule has 0 aliphatic heterocycles. The molecule has 5 heteroatoms. The van der Waals surface area contributed by atoms with Crippen LogP contribution in [0.4, 0.5) is 0 Å². The largest absolute Gasteiger partial charge is 0.481 e. The van der Waals surface area contributed by atoms with Crippen LogP contribution >= 0.6 is 0 Å². The number of hydrogen-bond donors (Lipinski definition) is 2. The van der Waals surface area contributed by atoms with Crippen LogP contribution in [0.15, 0.2) is 0 Å². The number of amides is 1. The molecule has 2 N–H and O–H groups in total. The van der Waals surface area contributed by atoms with Gasteiger partial charge in [0.1, 0.15) is 0 Å². The summed E-state index contributed by atoms with van der Waals surface area (Å²) in [6.45, 7) is 0.842. The Morgan fingerprint density at radius 1 is 1.22 bits per heavy atom. The summed E-state index contributed by atoms with van der Waals surface area (Å²) >= 11 is 0. The molecule has 0 bridgehead atoms. The van der Waals surface area contributed by atoms with Crippen molar-refractivity contribution in [1.82, 2.24) is 10.2 Å². The maximum absolute atomic E-state index is 11.6. The van der Waals surface area contributed by atoms with Gasteiger partial charge in [0, 0.05) is 6.54 Å². The topological polar surface area (TPSA) is 69.6 Å². The molecular formula is C13H24N2O3. The number of carboxylic acids is 1. The Labute approximate surface area is 109 Å². The molecule has 1 rings (SSSR count). The number of carboxylic acid groups (broad SMARTS) is 1. The van der Waals surface area contributed by atoms with E-state index >= 15 is 0 Å². The van der Waals surface area contributed by atoms with Crippen LogP contribution in [0.25, 0.3) is 0 Å². The molecule has 0 spiro atoms. The Morgan fingerprint density at radius 3 is 2.33 bits per heavy atom. The van der Waals surface area contributed by atoms with Crippen molar-refractivity contribution in [1.29, 1.82) is 0 Å². The number of aliphatic carboxylic acids is 1. The van der Waals surface area contributed by atoms with E-state index in [0.29, 0.717) is 13.1 Å². The molecule has 0 saturated heterocycles. The average molecular weight is 256 g/mol.